The number of amides is 1. The fraction of sp³-hybridized carbons (Fsp3) is 0.435. The van der Waals surface area contributed by atoms with Crippen molar-refractivity contribution in [1.82, 2.24) is 19.9 Å². The number of nitrogens with zero attached hydrogens (tertiary/aromatic N) is 4. The first-order valence-corrected chi connectivity index (χ1v) is 13.5. The van der Waals surface area contributed by atoms with Crippen molar-refractivity contribution in [1.29, 1.82) is 0 Å². The van der Waals surface area contributed by atoms with E-state index in [-0.39, 0.29) is 18.1 Å². The van der Waals surface area contributed by atoms with Crippen LogP contribution in [0.3, 0.4) is 0 Å². The van der Waals surface area contributed by atoms with Gasteiger partial charge < -0.3 is 25.0 Å². The van der Waals surface area contributed by atoms with E-state index in [0.29, 0.717) is 36.7 Å². The molecule has 1 amide bonds. The molecule has 2 aliphatic heterocycles. The van der Waals surface area contributed by atoms with Crippen LogP contribution in [0.25, 0.3) is 10.2 Å². The largest absolute Gasteiger partial charge is 0.509 e. The minimum atomic E-state index is -0.652. The summed E-state index contributed by atoms with van der Waals surface area (Å²) in [4.78, 5) is 40.4. The van der Waals surface area contributed by atoms with Crippen LogP contribution in [-0.2, 0) is 9.47 Å². The van der Waals surface area contributed by atoms with Gasteiger partial charge in [0.05, 0.1) is 23.3 Å². The number of likely N-dealkylation sites (tertiary alicyclic amines) is 1. The van der Waals surface area contributed by atoms with E-state index in [1.165, 1.54) is 0 Å². The minimum Gasteiger partial charge on any atom is -0.425 e. The van der Waals surface area contributed by atoms with Crippen LogP contribution >= 0.6 is 23.1 Å². The van der Waals surface area contributed by atoms with Crippen molar-refractivity contribution in [3.8, 4) is 0 Å². The van der Waals surface area contributed by atoms with Crippen LogP contribution in [0.5, 0.6) is 0 Å². The number of carbonyl (C=O) groups excluding carboxylic acids is 2. The van der Waals surface area contributed by atoms with E-state index in [9.17, 15) is 9.59 Å². The molecule has 3 fully saturated rings. The van der Waals surface area contributed by atoms with Gasteiger partial charge in [0.15, 0.2) is 17.3 Å². The Morgan fingerprint density at radius 2 is 1.83 bits per heavy atom. The molecule has 2 N–H and O–H groups in total. The van der Waals surface area contributed by atoms with Crippen LogP contribution in [0, 0.1) is 0 Å². The second kappa shape index (κ2) is 9.15. The maximum atomic E-state index is 13.0. The fourth-order valence-corrected chi connectivity index (χ4v) is 6.11. The Bertz CT molecular complexity index is 1250. The molecule has 0 bridgehead atoms. The van der Waals surface area contributed by atoms with Crippen molar-refractivity contribution in [3.63, 3.8) is 0 Å². The van der Waals surface area contributed by atoms with Crippen molar-refractivity contribution in [2.24, 2.45) is 0 Å². The molecule has 10 nitrogen and oxygen atoms in total. The van der Waals surface area contributed by atoms with Crippen LogP contribution < -0.4 is 10.6 Å². The number of thioether (sulfide) groups is 1. The van der Waals surface area contributed by atoms with Gasteiger partial charge in [0.25, 0.3) is 5.91 Å². The number of aromatic nitrogens is 3. The quantitative estimate of drug-likeness (QED) is 0.374. The molecule has 0 radical (unpaired) electrons. The number of thiazole rings is 1. The normalized spacial score (nSPS) is 25.4. The lowest BCUT2D eigenvalue weighted by atomic mass is 10.2. The predicted octanol–water partition coefficient (Wildman–Crippen LogP) is 3.61. The van der Waals surface area contributed by atoms with Gasteiger partial charge in [-0.2, -0.15) is 0 Å². The summed E-state index contributed by atoms with van der Waals surface area (Å²) >= 11 is 3.17. The fourth-order valence-electron chi connectivity index (χ4n) is 4.81. The van der Waals surface area contributed by atoms with Crippen LogP contribution in [-0.4, -0.2) is 75.6 Å². The summed E-state index contributed by atoms with van der Waals surface area (Å²) in [5, 5.41) is 7.85. The number of ether oxygens (including phenoxy) is 2. The number of nitrogens with one attached hydrogen (secondary N) is 2. The van der Waals surface area contributed by atoms with Crippen molar-refractivity contribution in [2.75, 3.05) is 30.0 Å². The van der Waals surface area contributed by atoms with E-state index in [2.05, 4.69) is 20.6 Å². The summed E-state index contributed by atoms with van der Waals surface area (Å²) in [6, 6.07) is 6.19. The minimum absolute atomic E-state index is 0.0960. The molecule has 1 aromatic carbocycles. The third-order valence-corrected chi connectivity index (χ3v) is 8.22. The zero-order valence-corrected chi connectivity index (χ0v) is 20.6. The lowest BCUT2D eigenvalue weighted by Crippen LogP contribution is -2.31. The van der Waals surface area contributed by atoms with Crippen LogP contribution in [0.15, 0.2) is 35.5 Å². The first-order valence-electron chi connectivity index (χ1n) is 11.5. The Balaban J connectivity index is 1.07. The maximum absolute atomic E-state index is 13.0. The Hall–Kier alpha value is -3.12. The van der Waals surface area contributed by atoms with Crippen LogP contribution in [0.4, 0.5) is 15.9 Å². The molecule has 1 aliphatic carbocycles. The number of carbonyl (C=O) groups is 2. The lowest BCUT2D eigenvalue weighted by molar-refractivity contribution is 0.0673. The Labute approximate surface area is 209 Å². The highest BCUT2D eigenvalue weighted by Crippen LogP contribution is 2.32. The van der Waals surface area contributed by atoms with Gasteiger partial charge in [0, 0.05) is 34.9 Å². The molecule has 3 aliphatic rings. The number of fused-ring (bicyclic) bond motifs is 2. The Morgan fingerprint density at radius 3 is 2.54 bits per heavy atom. The first kappa shape index (κ1) is 22.4. The topological polar surface area (TPSA) is 119 Å². The molecule has 1 saturated carbocycles. The van der Waals surface area contributed by atoms with Crippen LogP contribution in [0.2, 0.25) is 0 Å². The number of benzene rings is 1. The first-order chi connectivity index (χ1) is 17.0. The van der Waals surface area contributed by atoms with E-state index >= 15 is 0 Å². The lowest BCUT2D eigenvalue weighted by Gasteiger charge is -2.16. The van der Waals surface area contributed by atoms with Crippen molar-refractivity contribution >= 4 is 56.5 Å². The summed E-state index contributed by atoms with van der Waals surface area (Å²) < 4.78 is 11.2. The Morgan fingerprint density at radius 1 is 1.11 bits per heavy atom. The molecule has 4 heterocycles. The van der Waals surface area contributed by atoms with E-state index in [0.717, 1.165) is 39.5 Å². The van der Waals surface area contributed by atoms with Gasteiger partial charge in [-0.15, -0.1) is 11.8 Å². The van der Waals surface area contributed by atoms with Gasteiger partial charge in [0.1, 0.15) is 0 Å². The maximum Gasteiger partial charge on any atom is 0.509 e. The van der Waals surface area contributed by atoms with E-state index in [1.54, 1.807) is 34.1 Å². The molecule has 4 atom stereocenters. The van der Waals surface area contributed by atoms with Gasteiger partial charge in [-0.25, -0.2) is 19.7 Å². The Kier molecular flexibility index (Phi) is 5.85. The molecular formula is C23H24N6O4S2. The van der Waals surface area contributed by atoms with Crippen LogP contribution in [0.1, 0.15) is 29.6 Å². The molecule has 3 aromatic rings. The highest BCUT2D eigenvalue weighted by atomic mass is 32.2. The third kappa shape index (κ3) is 4.59. The molecular weight excluding hydrogens is 488 g/mol. The van der Waals surface area contributed by atoms with Crippen molar-refractivity contribution in [3.05, 3.63) is 36.2 Å². The predicted molar refractivity (Wildman–Crippen MR) is 133 cm³/mol. The summed E-state index contributed by atoms with van der Waals surface area (Å²) in [7, 11) is 0. The van der Waals surface area contributed by atoms with Gasteiger partial charge in [-0.3, -0.25) is 4.79 Å². The number of hydrogen-bond acceptors (Lipinski definition) is 11. The molecule has 2 aromatic heterocycles. The number of anilines is 2. The SMILES string of the molecule is CSc1cnc(N[C@H]2CC[C@H](Nc3nc4ccc(C(=O)N5C[C@@H]6OC(=O)O[C@@H]6C5)cc4s3)C2)nc1. The van der Waals surface area contributed by atoms with Crippen molar-refractivity contribution < 1.29 is 19.1 Å². The van der Waals surface area contributed by atoms with E-state index in [4.69, 9.17) is 14.5 Å². The molecule has 12 heteroatoms. The van der Waals surface area contributed by atoms with Crippen molar-refractivity contribution in [2.45, 2.75) is 48.4 Å². The summed E-state index contributed by atoms with van der Waals surface area (Å²) in [5.41, 5.74) is 1.45. The number of rotatable bonds is 6. The second-order valence-electron chi connectivity index (χ2n) is 8.92. The smallest absolute Gasteiger partial charge is 0.425 e. The average Bonchev–Trinajstić information content (AvgIpc) is 3.62. The standard InChI is InChI=1S/C23H24N6O4S2/c1-34-15-8-24-21(25-9-15)26-13-3-4-14(7-13)27-22-28-16-5-2-12(6-19(16)35-22)20(30)29-10-17-18(11-29)33-23(31)32-17/h2,5-6,8-9,13-14,17-18H,3-4,7,10-11H2,1H3,(H,27,28)(H,24,25,26)/t13-,14-,17-,18+/m0/s1. The average molecular weight is 513 g/mol. The van der Waals surface area contributed by atoms with E-state index < -0.39 is 6.16 Å². The summed E-state index contributed by atoms with van der Waals surface area (Å²) in [6.45, 7) is 0.707. The summed E-state index contributed by atoms with van der Waals surface area (Å²) in [6.07, 6.45) is 7.30. The molecule has 182 valence electrons. The zero-order valence-electron chi connectivity index (χ0n) is 19.0. The van der Waals surface area contributed by atoms with Gasteiger partial charge in [0.2, 0.25) is 5.95 Å². The summed E-state index contributed by atoms with van der Waals surface area (Å²) in [5.74, 6) is 0.568. The highest BCUT2D eigenvalue weighted by molar-refractivity contribution is 7.98. The monoisotopic (exact) mass is 512 g/mol. The van der Waals surface area contributed by atoms with Gasteiger partial charge in [-0.05, 0) is 43.7 Å². The molecule has 6 rings (SSSR count). The second-order valence-corrected chi connectivity index (χ2v) is 10.8. The number of hydrogen-bond donors (Lipinski definition) is 2. The molecule has 0 unspecified atom stereocenters. The third-order valence-electron chi connectivity index (χ3n) is 6.59. The highest BCUT2D eigenvalue weighted by Gasteiger charge is 2.45. The van der Waals surface area contributed by atoms with Gasteiger partial charge in [-0.1, -0.05) is 11.3 Å². The van der Waals surface area contributed by atoms with Gasteiger partial charge >= 0.3 is 6.16 Å². The molecule has 0 spiro atoms. The van der Waals surface area contributed by atoms with E-state index in [1.807, 2.05) is 30.8 Å². The molecule has 2 saturated heterocycles. The zero-order chi connectivity index (χ0) is 23.9. The molecule has 35 heavy (non-hydrogen) atoms.